The van der Waals surface area contributed by atoms with Crippen LogP contribution in [0.25, 0.3) is 0 Å². The van der Waals surface area contributed by atoms with Crippen molar-refractivity contribution >= 4 is 17.9 Å². The predicted octanol–water partition coefficient (Wildman–Crippen LogP) is 3.83. The maximum atomic E-state index is 12.4. The van der Waals surface area contributed by atoms with Crippen LogP contribution < -0.4 is 0 Å². The lowest BCUT2D eigenvalue weighted by Crippen LogP contribution is -2.63. The van der Waals surface area contributed by atoms with E-state index in [9.17, 15) is 19.5 Å². The maximum Gasteiger partial charge on any atom is 0.303 e. The van der Waals surface area contributed by atoms with Crippen LogP contribution in [0.15, 0.2) is 11.6 Å². The number of aliphatic hydroxyl groups excluding tert-OH is 1. The first-order valence-electron chi connectivity index (χ1n) is 13.5. The zero-order valence-electron chi connectivity index (χ0n) is 22.1. The third kappa shape index (κ3) is 3.90. The van der Waals surface area contributed by atoms with Crippen molar-refractivity contribution in [2.24, 2.45) is 28.6 Å². The van der Waals surface area contributed by atoms with Crippen molar-refractivity contribution in [2.75, 3.05) is 0 Å². The van der Waals surface area contributed by atoms with Gasteiger partial charge in [-0.25, -0.2) is 0 Å². The van der Waals surface area contributed by atoms with Crippen molar-refractivity contribution in [2.45, 2.75) is 116 Å². The number of carbonyl (C=O) groups excluding carboxylic acids is 3. The summed E-state index contributed by atoms with van der Waals surface area (Å²) in [5.41, 5.74) is 0.0407. The summed E-state index contributed by atoms with van der Waals surface area (Å²) in [6.07, 6.45) is 6.16. The Hall–Kier alpha value is -1.93. The van der Waals surface area contributed by atoms with E-state index < -0.39 is 18.0 Å². The van der Waals surface area contributed by atoms with Crippen LogP contribution in [0.1, 0.15) is 86.0 Å². The average molecular weight is 505 g/mol. The summed E-state index contributed by atoms with van der Waals surface area (Å²) in [6, 6.07) is 0. The summed E-state index contributed by atoms with van der Waals surface area (Å²) in [5, 5.41) is 10.3. The van der Waals surface area contributed by atoms with Gasteiger partial charge >= 0.3 is 17.9 Å². The number of hydrogen-bond acceptors (Lipinski definition) is 8. The molecule has 5 rings (SSSR count). The highest BCUT2D eigenvalue weighted by atomic mass is 16.6. The molecule has 0 aromatic heterocycles. The normalized spacial score (nSPS) is 47.3. The van der Waals surface area contributed by atoms with Gasteiger partial charge in [0.05, 0.1) is 5.60 Å². The van der Waals surface area contributed by atoms with E-state index in [4.69, 9.17) is 18.9 Å². The van der Waals surface area contributed by atoms with Gasteiger partial charge in [0.2, 0.25) is 0 Å². The second kappa shape index (κ2) is 8.83. The van der Waals surface area contributed by atoms with Crippen molar-refractivity contribution in [3.8, 4) is 0 Å². The number of esters is 3. The van der Waals surface area contributed by atoms with Crippen molar-refractivity contribution < 1.29 is 38.4 Å². The largest absolute Gasteiger partial charge is 0.462 e. The zero-order valence-corrected chi connectivity index (χ0v) is 22.1. The molecule has 2 unspecified atom stereocenters. The van der Waals surface area contributed by atoms with Gasteiger partial charge in [-0.2, -0.15) is 0 Å². The molecule has 0 radical (unpaired) electrons. The van der Waals surface area contributed by atoms with E-state index in [0.717, 1.165) is 37.7 Å². The summed E-state index contributed by atoms with van der Waals surface area (Å²) < 4.78 is 23.9. The molecule has 1 N–H and O–H groups in total. The Balaban J connectivity index is 1.60. The first kappa shape index (κ1) is 25.7. The molecule has 4 fully saturated rings. The van der Waals surface area contributed by atoms with Crippen LogP contribution in [-0.4, -0.2) is 53.2 Å². The summed E-state index contributed by atoms with van der Waals surface area (Å²) in [6.45, 7) is 8.77. The Labute approximate surface area is 213 Å². The van der Waals surface area contributed by atoms with Gasteiger partial charge in [0.25, 0.3) is 0 Å². The molecular formula is C28H40O8. The molecule has 1 spiro atoms. The monoisotopic (exact) mass is 504 g/mol. The molecule has 0 aromatic carbocycles. The van der Waals surface area contributed by atoms with Crippen molar-refractivity contribution in [1.82, 2.24) is 0 Å². The molecule has 1 heterocycles. The van der Waals surface area contributed by atoms with Gasteiger partial charge < -0.3 is 24.1 Å². The van der Waals surface area contributed by atoms with E-state index in [1.54, 1.807) is 0 Å². The zero-order chi connectivity index (χ0) is 26.0. The summed E-state index contributed by atoms with van der Waals surface area (Å²) in [5.74, 6) is -0.860. The van der Waals surface area contributed by atoms with Gasteiger partial charge in [0.1, 0.15) is 18.3 Å². The van der Waals surface area contributed by atoms with Crippen molar-refractivity contribution in [3.05, 3.63) is 11.6 Å². The molecule has 0 bridgehead atoms. The highest BCUT2D eigenvalue weighted by Crippen LogP contribution is 2.70. The standard InChI is InChI=1S/C28H40O8/c1-15(29)33-19-6-9-26(4)18(12-19)13-21(34-16(2)30)24-20-7-10-28(11-8-23(32)36-28)27(20,5)14-22(25(24)26)35-17(3)31/h13,19-25,32H,6-12,14H2,1-5H3/t19-,20-,21-,22+,23?,24+,25?,26-,27-,28+/m0/s1. The molecule has 10 atom stereocenters. The fraction of sp³-hybridized carbons (Fsp3) is 0.821. The average Bonchev–Trinajstić information content (AvgIpc) is 3.27. The van der Waals surface area contributed by atoms with Gasteiger partial charge in [-0.15, -0.1) is 0 Å². The van der Waals surface area contributed by atoms with Crippen LogP contribution in [0.5, 0.6) is 0 Å². The fourth-order valence-electron chi connectivity index (χ4n) is 9.05. The Morgan fingerprint density at radius 2 is 1.61 bits per heavy atom. The van der Waals surface area contributed by atoms with Gasteiger partial charge in [0.15, 0.2) is 6.29 Å². The molecular weight excluding hydrogens is 464 g/mol. The number of ether oxygens (including phenoxy) is 4. The first-order chi connectivity index (χ1) is 16.9. The minimum absolute atomic E-state index is 0.0384. The highest BCUT2D eigenvalue weighted by molar-refractivity contribution is 5.67. The molecule has 36 heavy (non-hydrogen) atoms. The lowest BCUT2D eigenvalue weighted by Gasteiger charge is -2.62. The summed E-state index contributed by atoms with van der Waals surface area (Å²) >= 11 is 0. The highest BCUT2D eigenvalue weighted by Gasteiger charge is 2.70. The van der Waals surface area contributed by atoms with Gasteiger partial charge in [-0.05, 0) is 55.9 Å². The number of fused-ring (bicyclic) bond motifs is 6. The predicted molar refractivity (Wildman–Crippen MR) is 128 cm³/mol. The Bertz CT molecular complexity index is 975. The van der Waals surface area contributed by atoms with E-state index in [0.29, 0.717) is 19.3 Å². The van der Waals surface area contributed by atoms with Gasteiger partial charge in [-0.3, -0.25) is 14.4 Å². The number of carbonyl (C=O) groups is 3. The topological polar surface area (TPSA) is 108 Å². The second-order valence-electron chi connectivity index (χ2n) is 12.3. The van der Waals surface area contributed by atoms with E-state index in [1.165, 1.54) is 20.8 Å². The molecule has 0 amide bonds. The molecule has 1 saturated heterocycles. The quantitative estimate of drug-likeness (QED) is 0.351. The summed E-state index contributed by atoms with van der Waals surface area (Å²) in [7, 11) is 0. The molecule has 8 nitrogen and oxygen atoms in total. The van der Waals surface area contributed by atoms with E-state index >= 15 is 0 Å². The molecule has 1 aliphatic heterocycles. The third-order valence-corrected chi connectivity index (χ3v) is 10.4. The molecule has 0 aromatic rings. The Morgan fingerprint density at radius 3 is 2.22 bits per heavy atom. The van der Waals surface area contributed by atoms with Crippen LogP contribution in [0.2, 0.25) is 0 Å². The van der Waals surface area contributed by atoms with E-state index in [-0.39, 0.29) is 58.7 Å². The van der Waals surface area contributed by atoms with Gasteiger partial charge in [0, 0.05) is 50.9 Å². The van der Waals surface area contributed by atoms with Crippen LogP contribution in [0.4, 0.5) is 0 Å². The molecule has 5 aliphatic rings. The Morgan fingerprint density at radius 1 is 0.944 bits per heavy atom. The Kier molecular flexibility index (Phi) is 6.30. The number of hydrogen-bond donors (Lipinski definition) is 1. The second-order valence-corrected chi connectivity index (χ2v) is 12.3. The lowest BCUT2D eigenvalue weighted by atomic mass is 9.45. The van der Waals surface area contributed by atoms with E-state index in [1.807, 2.05) is 0 Å². The smallest absolute Gasteiger partial charge is 0.303 e. The van der Waals surface area contributed by atoms with Crippen LogP contribution >= 0.6 is 0 Å². The van der Waals surface area contributed by atoms with Gasteiger partial charge in [-0.1, -0.05) is 19.4 Å². The molecule has 3 saturated carbocycles. The third-order valence-electron chi connectivity index (χ3n) is 10.4. The lowest BCUT2D eigenvalue weighted by molar-refractivity contribution is -0.228. The minimum atomic E-state index is -0.776. The van der Waals surface area contributed by atoms with Crippen LogP contribution in [0.3, 0.4) is 0 Å². The minimum Gasteiger partial charge on any atom is -0.462 e. The maximum absolute atomic E-state index is 12.4. The van der Waals surface area contributed by atoms with E-state index in [2.05, 4.69) is 19.9 Å². The van der Waals surface area contributed by atoms with Crippen LogP contribution in [0, 0.1) is 28.6 Å². The fourth-order valence-corrected chi connectivity index (χ4v) is 9.05. The number of aliphatic hydroxyl groups is 1. The number of rotatable bonds is 3. The molecule has 200 valence electrons. The first-order valence-corrected chi connectivity index (χ1v) is 13.5. The van der Waals surface area contributed by atoms with Crippen molar-refractivity contribution in [1.29, 1.82) is 0 Å². The summed E-state index contributed by atoms with van der Waals surface area (Å²) in [4.78, 5) is 36.4. The SMILES string of the molecule is CC(=O)O[C@H]1CC[C@@]2(C)C(=C[C@H](OC(C)=O)[C@@H]3C2[C@H](OC(C)=O)C[C@@]2(C)[C@H]3CC[C@@]23CCC(O)O3)C1. The van der Waals surface area contributed by atoms with Crippen LogP contribution in [-0.2, 0) is 33.3 Å². The molecule has 4 aliphatic carbocycles. The molecule has 8 heteroatoms. The van der Waals surface area contributed by atoms with Crippen molar-refractivity contribution in [3.63, 3.8) is 0 Å².